The van der Waals surface area contributed by atoms with Gasteiger partial charge in [-0.05, 0) is 35.2 Å². The third-order valence-corrected chi connectivity index (χ3v) is 3.62. The predicted molar refractivity (Wildman–Crippen MR) is 73.5 cm³/mol. The molecule has 18 heavy (non-hydrogen) atoms. The maximum absolute atomic E-state index is 5.43. The van der Waals surface area contributed by atoms with Gasteiger partial charge in [-0.2, -0.15) is 11.3 Å². The third-order valence-electron chi connectivity index (χ3n) is 2.89. The first-order chi connectivity index (χ1) is 8.85. The predicted octanol–water partition coefficient (Wildman–Crippen LogP) is 2.31. The van der Waals surface area contributed by atoms with Crippen molar-refractivity contribution in [2.24, 2.45) is 5.84 Å². The summed E-state index contributed by atoms with van der Waals surface area (Å²) in [6, 6.07) is 3.93. The Hall–Kier alpha value is -1.66. The molecule has 0 aliphatic heterocycles. The van der Waals surface area contributed by atoms with Gasteiger partial charge < -0.3 is 10.7 Å². The zero-order chi connectivity index (χ0) is 12.4. The average molecular weight is 261 g/mol. The molecule has 0 saturated heterocycles. The number of nitrogens with one attached hydrogen (secondary N) is 2. The Labute approximate surface area is 109 Å². The summed E-state index contributed by atoms with van der Waals surface area (Å²) in [6.45, 7) is 0.772. The van der Waals surface area contributed by atoms with E-state index in [1.54, 1.807) is 11.3 Å². The number of rotatable bonds is 5. The van der Waals surface area contributed by atoms with E-state index in [1.165, 1.54) is 18.4 Å². The SMILES string of the molecule is NNc1cc(NCc2ccsc2)nc(C2CC2)n1. The molecule has 5 nitrogen and oxygen atoms in total. The molecule has 4 N–H and O–H groups in total. The molecule has 3 rings (SSSR count). The molecule has 1 fully saturated rings. The number of hydrogen-bond acceptors (Lipinski definition) is 6. The van der Waals surface area contributed by atoms with Crippen molar-refractivity contribution in [2.75, 3.05) is 10.7 Å². The summed E-state index contributed by atoms with van der Waals surface area (Å²) in [5.41, 5.74) is 3.85. The first-order valence-corrected chi connectivity index (χ1v) is 6.90. The number of hydrogen-bond donors (Lipinski definition) is 3. The van der Waals surface area contributed by atoms with E-state index in [0.717, 1.165) is 18.2 Å². The van der Waals surface area contributed by atoms with E-state index in [1.807, 2.05) is 6.07 Å². The Morgan fingerprint density at radius 2 is 2.17 bits per heavy atom. The molecule has 2 heterocycles. The number of thiophene rings is 1. The smallest absolute Gasteiger partial charge is 0.145 e. The Bertz CT molecular complexity index is 521. The largest absolute Gasteiger partial charge is 0.366 e. The Kier molecular flexibility index (Phi) is 3.12. The normalized spacial score (nSPS) is 14.5. The first kappa shape index (κ1) is 11.4. The zero-order valence-corrected chi connectivity index (χ0v) is 10.7. The van der Waals surface area contributed by atoms with Gasteiger partial charge in [0.1, 0.15) is 17.5 Å². The molecule has 1 aliphatic rings. The fraction of sp³-hybridized carbons (Fsp3) is 0.333. The summed E-state index contributed by atoms with van der Waals surface area (Å²) in [5.74, 6) is 8.33. The number of nitrogens with zero attached hydrogens (tertiary/aromatic N) is 2. The van der Waals surface area contributed by atoms with Gasteiger partial charge in [0.25, 0.3) is 0 Å². The van der Waals surface area contributed by atoms with Crippen LogP contribution in [0.2, 0.25) is 0 Å². The van der Waals surface area contributed by atoms with Gasteiger partial charge in [0.2, 0.25) is 0 Å². The number of nitrogens with two attached hydrogens (primary N) is 1. The third kappa shape index (κ3) is 2.60. The van der Waals surface area contributed by atoms with Crippen LogP contribution >= 0.6 is 11.3 Å². The van der Waals surface area contributed by atoms with Crippen molar-refractivity contribution >= 4 is 23.0 Å². The molecule has 0 atom stereocenters. The van der Waals surface area contributed by atoms with Gasteiger partial charge in [0.05, 0.1) is 0 Å². The fourth-order valence-electron chi connectivity index (χ4n) is 1.74. The van der Waals surface area contributed by atoms with E-state index in [2.05, 4.69) is 37.5 Å². The van der Waals surface area contributed by atoms with Gasteiger partial charge in [-0.1, -0.05) is 0 Å². The van der Waals surface area contributed by atoms with Gasteiger partial charge in [-0.25, -0.2) is 15.8 Å². The average Bonchev–Trinajstić information content (AvgIpc) is 3.13. The lowest BCUT2D eigenvalue weighted by molar-refractivity contribution is 0.920. The number of anilines is 2. The minimum absolute atomic E-state index is 0.514. The monoisotopic (exact) mass is 261 g/mol. The van der Waals surface area contributed by atoms with Crippen molar-refractivity contribution in [2.45, 2.75) is 25.3 Å². The fourth-order valence-corrected chi connectivity index (χ4v) is 2.41. The van der Waals surface area contributed by atoms with Crippen molar-refractivity contribution in [1.29, 1.82) is 0 Å². The Morgan fingerprint density at radius 1 is 1.33 bits per heavy atom. The maximum atomic E-state index is 5.43. The first-order valence-electron chi connectivity index (χ1n) is 5.95. The summed E-state index contributed by atoms with van der Waals surface area (Å²) >= 11 is 1.70. The zero-order valence-electron chi connectivity index (χ0n) is 9.89. The van der Waals surface area contributed by atoms with Crippen LogP contribution in [-0.4, -0.2) is 9.97 Å². The van der Waals surface area contributed by atoms with E-state index in [4.69, 9.17) is 5.84 Å². The van der Waals surface area contributed by atoms with Crippen LogP contribution in [-0.2, 0) is 6.54 Å². The molecule has 2 aromatic rings. The standard InChI is InChI=1S/C12H15N5S/c13-17-11-5-10(14-6-8-3-4-18-7-8)15-12(16-11)9-1-2-9/h3-5,7,9H,1-2,6,13H2,(H2,14,15,16,17). The molecule has 0 bridgehead atoms. The highest BCUT2D eigenvalue weighted by atomic mass is 32.1. The summed E-state index contributed by atoms with van der Waals surface area (Å²) in [4.78, 5) is 8.90. The molecule has 0 spiro atoms. The second-order valence-corrected chi connectivity index (χ2v) is 5.18. The molecule has 2 aromatic heterocycles. The maximum Gasteiger partial charge on any atom is 0.145 e. The molecule has 0 aromatic carbocycles. The van der Waals surface area contributed by atoms with Crippen molar-refractivity contribution in [1.82, 2.24) is 9.97 Å². The van der Waals surface area contributed by atoms with Crippen LogP contribution in [0.1, 0.15) is 30.1 Å². The molecule has 1 aliphatic carbocycles. The van der Waals surface area contributed by atoms with Gasteiger partial charge in [-0.15, -0.1) is 0 Å². The van der Waals surface area contributed by atoms with Crippen LogP contribution in [0, 0.1) is 0 Å². The van der Waals surface area contributed by atoms with Crippen LogP contribution in [0.15, 0.2) is 22.9 Å². The highest BCUT2D eigenvalue weighted by Gasteiger charge is 2.27. The second kappa shape index (κ2) is 4.91. The van der Waals surface area contributed by atoms with Crippen molar-refractivity contribution in [3.8, 4) is 0 Å². The van der Waals surface area contributed by atoms with Gasteiger partial charge in [0, 0.05) is 18.5 Å². The van der Waals surface area contributed by atoms with Gasteiger partial charge in [-0.3, -0.25) is 0 Å². The molecular weight excluding hydrogens is 246 g/mol. The molecular formula is C12H15N5S. The minimum atomic E-state index is 0.514. The van der Waals surface area contributed by atoms with E-state index in [0.29, 0.717) is 11.7 Å². The molecule has 94 valence electrons. The molecule has 0 unspecified atom stereocenters. The Morgan fingerprint density at radius 3 is 2.83 bits per heavy atom. The van der Waals surface area contributed by atoms with Crippen LogP contribution in [0.3, 0.4) is 0 Å². The van der Waals surface area contributed by atoms with Crippen molar-refractivity contribution < 1.29 is 0 Å². The van der Waals surface area contributed by atoms with E-state index in [9.17, 15) is 0 Å². The number of aromatic nitrogens is 2. The summed E-state index contributed by atoms with van der Waals surface area (Å²) in [6.07, 6.45) is 2.36. The van der Waals surface area contributed by atoms with Crippen LogP contribution in [0.4, 0.5) is 11.6 Å². The lowest BCUT2D eigenvalue weighted by Crippen LogP contribution is -2.12. The highest BCUT2D eigenvalue weighted by Crippen LogP contribution is 2.38. The van der Waals surface area contributed by atoms with Gasteiger partial charge in [0.15, 0.2) is 0 Å². The molecule has 0 radical (unpaired) electrons. The van der Waals surface area contributed by atoms with E-state index < -0.39 is 0 Å². The lowest BCUT2D eigenvalue weighted by atomic mass is 10.3. The number of hydrazine groups is 1. The summed E-state index contributed by atoms with van der Waals surface area (Å²) < 4.78 is 0. The van der Waals surface area contributed by atoms with Crippen molar-refractivity contribution in [3.05, 3.63) is 34.3 Å². The van der Waals surface area contributed by atoms with E-state index >= 15 is 0 Å². The van der Waals surface area contributed by atoms with Crippen LogP contribution < -0.4 is 16.6 Å². The minimum Gasteiger partial charge on any atom is -0.366 e. The molecule has 6 heteroatoms. The summed E-state index contributed by atoms with van der Waals surface area (Å²) in [5, 5.41) is 7.50. The van der Waals surface area contributed by atoms with Crippen LogP contribution in [0.25, 0.3) is 0 Å². The van der Waals surface area contributed by atoms with E-state index in [-0.39, 0.29) is 0 Å². The Balaban J connectivity index is 1.75. The molecule has 1 saturated carbocycles. The summed E-state index contributed by atoms with van der Waals surface area (Å²) in [7, 11) is 0. The van der Waals surface area contributed by atoms with Gasteiger partial charge >= 0.3 is 0 Å². The van der Waals surface area contributed by atoms with Crippen LogP contribution in [0.5, 0.6) is 0 Å². The highest BCUT2D eigenvalue weighted by molar-refractivity contribution is 7.07. The quantitative estimate of drug-likeness (QED) is 0.569. The second-order valence-electron chi connectivity index (χ2n) is 4.40. The molecule has 0 amide bonds. The topological polar surface area (TPSA) is 75.9 Å². The lowest BCUT2D eigenvalue weighted by Gasteiger charge is -2.08. The number of nitrogen functional groups attached to an aromatic ring is 1. The van der Waals surface area contributed by atoms with Crippen molar-refractivity contribution in [3.63, 3.8) is 0 Å².